The Bertz CT molecular complexity index is 1050. The molecule has 0 aromatic heterocycles. The van der Waals surface area contributed by atoms with E-state index in [1.54, 1.807) is 6.08 Å². The molecule has 0 aliphatic rings. The molecule has 0 radical (unpaired) electrons. The van der Waals surface area contributed by atoms with Crippen LogP contribution >= 0.6 is 7.82 Å². The Kier molecular flexibility index (Phi) is 32.1. The van der Waals surface area contributed by atoms with Crippen molar-refractivity contribution in [3.8, 4) is 0 Å². The molecular weight excluding hydrogens is 627 g/mol. The first-order valence-electron chi connectivity index (χ1n) is 17.8. The molecular formula is C39H63O8P. The highest BCUT2D eigenvalue weighted by Gasteiger charge is 2.24. The summed E-state index contributed by atoms with van der Waals surface area (Å²) >= 11 is 0. The van der Waals surface area contributed by atoms with Gasteiger partial charge in [0.05, 0.1) is 13.0 Å². The van der Waals surface area contributed by atoms with Crippen molar-refractivity contribution in [1.82, 2.24) is 0 Å². The molecule has 0 bridgehead atoms. The van der Waals surface area contributed by atoms with E-state index in [-0.39, 0.29) is 19.4 Å². The van der Waals surface area contributed by atoms with Crippen molar-refractivity contribution >= 4 is 19.8 Å². The molecule has 0 fully saturated rings. The molecule has 0 aliphatic heterocycles. The fraction of sp³-hybridized carbons (Fsp3) is 0.590. The third kappa shape index (κ3) is 33.1. The molecule has 0 saturated carbocycles. The van der Waals surface area contributed by atoms with Crippen LogP contribution in [0.4, 0.5) is 0 Å². The highest BCUT2D eigenvalue weighted by molar-refractivity contribution is 7.47. The number of unbranched alkanes of at least 4 members (excludes halogenated alkanes) is 7. The number of hydrogen-bond donors (Lipinski definition) is 1. The molecule has 0 aliphatic carbocycles. The van der Waals surface area contributed by atoms with Crippen molar-refractivity contribution in [3.63, 3.8) is 0 Å². The third-order valence-corrected chi connectivity index (χ3v) is 7.84. The summed E-state index contributed by atoms with van der Waals surface area (Å²) in [6, 6.07) is 0. The summed E-state index contributed by atoms with van der Waals surface area (Å²) in [6.07, 6.45) is 43.7. The fourth-order valence-corrected chi connectivity index (χ4v) is 4.62. The van der Waals surface area contributed by atoms with Crippen molar-refractivity contribution in [1.29, 1.82) is 0 Å². The zero-order valence-corrected chi connectivity index (χ0v) is 30.7. The quantitative estimate of drug-likeness (QED) is 0.0331. The Morgan fingerprint density at radius 1 is 0.625 bits per heavy atom. The van der Waals surface area contributed by atoms with E-state index in [4.69, 9.17) is 14.0 Å². The minimum absolute atomic E-state index is 0.00488. The van der Waals surface area contributed by atoms with E-state index in [1.165, 1.54) is 12.8 Å². The lowest BCUT2D eigenvalue weighted by Gasteiger charge is -2.19. The van der Waals surface area contributed by atoms with Crippen molar-refractivity contribution in [2.75, 3.05) is 20.3 Å². The van der Waals surface area contributed by atoms with Crippen molar-refractivity contribution < 1.29 is 37.6 Å². The van der Waals surface area contributed by atoms with Crippen molar-refractivity contribution in [2.45, 2.75) is 129 Å². The van der Waals surface area contributed by atoms with E-state index in [9.17, 15) is 19.0 Å². The highest BCUT2D eigenvalue weighted by atomic mass is 31.2. The van der Waals surface area contributed by atoms with Crippen LogP contribution < -0.4 is 0 Å². The molecule has 0 aromatic carbocycles. The second-order valence-electron chi connectivity index (χ2n) is 11.3. The van der Waals surface area contributed by atoms with E-state index in [0.29, 0.717) is 12.8 Å². The summed E-state index contributed by atoms with van der Waals surface area (Å²) in [7, 11) is -3.25. The van der Waals surface area contributed by atoms with Crippen LogP contribution in [-0.4, -0.2) is 43.3 Å². The Morgan fingerprint density at radius 2 is 1.12 bits per heavy atom. The SMILES string of the molecule is CC/C=C\C/C=C\C/C=C\C/C=C\C/C=C\CC(=O)OC(COC(=O)CCCCCCC/C=C\C/C=C\CCCC)COP(=O)(O)OC. The van der Waals surface area contributed by atoms with Gasteiger partial charge in [0.15, 0.2) is 6.10 Å². The average Bonchev–Trinajstić information content (AvgIpc) is 3.07. The monoisotopic (exact) mass is 690 g/mol. The van der Waals surface area contributed by atoms with Gasteiger partial charge in [0.1, 0.15) is 6.61 Å². The van der Waals surface area contributed by atoms with Crippen LogP contribution in [-0.2, 0) is 32.7 Å². The molecule has 0 amide bonds. The molecule has 0 spiro atoms. The predicted octanol–water partition coefficient (Wildman–Crippen LogP) is 10.8. The molecule has 2 unspecified atom stereocenters. The largest absolute Gasteiger partial charge is 0.472 e. The van der Waals surface area contributed by atoms with Gasteiger partial charge < -0.3 is 14.4 Å². The Hall–Kier alpha value is -2.77. The first-order chi connectivity index (χ1) is 23.3. The van der Waals surface area contributed by atoms with Gasteiger partial charge in [0.25, 0.3) is 0 Å². The molecule has 1 N–H and O–H groups in total. The molecule has 0 rings (SSSR count). The second-order valence-corrected chi connectivity index (χ2v) is 12.8. The number of carbonyl (C=O) groups excluding carboxylic acids is 2. The van der Waals surface area contributed by atoms with Gasteiger partial charge in [-0.25, -0.2) is 4.57 Å². The topological polar surface area (TPSA) is 108 Å². The number of hydrogen-bond acceptors (Lipinski definition) is 7. The van der Waals surface area contributed by atoms with Crippen LogP contribution in [0.3, 0.4) is 0 Å². The normalized spacial score (nSPS) is 14.5. The van der Waals surface area contributed by atoms with Crippen LogP contribution in [0.15, 0.2) is 85.1 Å². The number of allylic oxidation sites excluding steroid dienone is 13. The van der Waals surface area contributed by atoms with E-state index >= 15 is 0 Å². The highest BCUT2D eigenvalue weighted by Crippen LogP contribution is 2.42. The van der Waals surface area contributed by atoms with Gasteiger partial charge in [-0.2, -0.15) is 0 Å². The lowest BCUT2D eigenvalue weighted by molar-refractivity contribution is -0.160. The maximum absolute atomic E-state index is 12.4. The van der Waals surface area contributed by atoms with Crippen LogP contribution in [0.2, 0.25) is 0 Å². The lowest BCUT2D eigenvalue weighted by Crippen LogP contribution is -2.29. The molecule has 0 heterocycles. The zero-order chi connectivity index (χ0) is 35.4. The molecule has 0 saturated heterocycles. The van der Waals surface area contributed by atoms with Crippen LogP contribution in [0.25, 0.3) is 0 Å². The van der Waals surface area contributed by atoms with Gasteiger partial charge in [-0.3, -0.25) is 18.6 Å². The third-order valence-electron chi connectivity index (χ3n) is 6.91. The number of esters is 2. The standard InChI is InChI=1S/C39H63O8P/c1-4-6-8-10-12-14-16-18-20-22-24-26-28-30-32-34-39(41)47-37(36-46-48(42,43)44-3)35-45-38(40)33-31-29-27-25-23-21-19-17-15-13-11-9-7-5-2/h6,8,11-14,17-20,24,26,30,32,37H,4-5,7,9-10,15-16,21-23,25,27-29,31,33-36H2,1-3H3,(H,42,43)/b8-6-,13-11-,14-12-,19-17-,20-18-,26-24-,32-30-. The van der Waals surface area contributed by atoms with Gasteiger partial charge in [0.2, 0.25) is 0 Å². The number of rotatable bonds is 31. The number of phosphoric ester groups is 1. The Morgan fingerprint density at radius 3 is 1.69 bits per heavy atom. The summed E-state index contributed by atoms with van der Waals surface area (Å²) in [6.45, 7) is 3.60. The van der Waals surface area contributed by atoms with Crippen molar-refractivity contribution in [3.05, 3.63) is 85.1 Å². The second kappa shape index (κ2) is 34.1. The lowest BCUT2D eigenvalue weighted by atomic mass is 10.1. The molecule has 2 atom stereocenters. The Balaban J connectivity index is 4.29. The van der Waals surface area contributed by atoms with Gasteiger partial charge in [-0.05, 0) is 64.2 Å². The summed E-state index contributed by atoms with van der Waals surface area (Å²) in [5, 5.41) is 0. The summed E-state index contributed by atoms with van der Waals surface area (Å²) in [4.78, 5) is 34.2. The first-order valence-corrected chi connectivity index (χ1v) is 19.3. The molecule has 272 valence electrons. The smallest absolute Gasteiger partial charge is 0.462 e. The molecule has 9 heteroatoms. The van der Waals surface area contributed by atoms with Crippen molar-refractivity contribution in [2.24, 2.45) is 0 Å². The fourth-order valence-electron chi connectivity index (χ4n) is 4.16. The van der Waals surface area contributed by atoms with E-state index in [2.05, 4.69) is 85.2 Å². The van der Waals surface area contributed by atoms with Gasteiger partial charge in [0, 0.05) is 13.5 Å². The van der Waals surface area contributed by atoms with Gasteiger partial charge in [-0.15, -0.1) is 0 Å². The zero-order valence-electron chi connectivity index (χ0n) is 29.8. The number of phosphoric acid groups is 1. The maximum Gasteiger partial charge on any atom is 0.472 e. The minimum atomic E-state index is -4.29. The van der Waals surface area contributed by atoms with E-state index in [0.717, 1.165) is 77.7 Å². The van der Waals surface area contributed by atoms with E-state index < -0.39 is 32.5 Å². The van der Waals surface area contributed by atoms with E-state index in [1.807, 2.05) is 12.2 Å². The average molecular weight is 691 g/mol. The number of ether oxygens (including phenoxy) is 2. The Labute approximate surface area is 291 Å². The minimum Gasteiger partial charge on any atom is -0.462 e. The van der Waals surface area contributed by atoms with Crippen LogP contribution in [0.5, 0.6) is 0 Å². The van der Waals surface area contributed by atoms with Crippen LogP contribution in [0.1, 0.15) is 123 Å². The molecule has 8 nitrogen and oxygen atoms in total. The predicted molar refractivity (Wildman–Crippen MR) is 197 cm³/mol. The number of carbonyl (C=O) groups is 2. The van der Waals surface area contributed by atoms with Gasteiger partial charge >= 0.3 is 19.8 Å². The summed E-state index contributed by atoms with van der Waals surface area (Å²) < 4.78 is 31.7. The maximum atomic E-state index is 12.4. The summed E-state index contributed by atoms with van der Waals surface area (Å²) in [5.74, 6) is -0.979. The van der Waals surface area contributed by atoms with Gasteiger partial charge in [-0.1, -0.05) is 131 Å². The molecule has 0 aromatic rings. The summed E-state index contributed by atoms with van der Waals surface area (Å²) in [5.41, 5.74) is 0. The first kappa shape index (κ1) is 45.2. The van der Waals surface area contributed by atoms with Crippen LogP contribution in [0, 0.1) is 0 Å². The molecule has 48 heavy (non-hydrogen) atoms.